The molecule has 0 saturated heterocycles. The van der Waals surface area contributed by atoms with Crippen LogP contribution >= 0.6 is 0 Å². The lowest BCUT2D eigenvalue weighted by molar-refractivity contribution is -0.144. The Kier molecular flexibility index (Phi) is 8.20. The van der Waals surface area contributed by atoms with Gasteiger partial charge in [0.25, 0.3) is 5.91 Å². The molecule has 7 heteroatoms. The van der Waals surface area contributed by atoms with E-state index < -0.39 is 5.97 Å². The summed E-state index contributed by atoms with van der Waals surface area (Å²) in [5, 5.41) is 5.31. The van der Waals surface area contributed by atoms with E-state index in [1.165, 1.54) is 7.11 Å². The molecule has 2 N–H and O–H groups in total. The highest BCUT2D eigenvalue weighted by molar-refractivity contribution is 5.94. The lowest BCUT2D eigenvalue weighted by atomic mass is 10.2. The Bertz CT molecular complexity index is 545. The van der Waals surface area contributed by atoms with Crippen LogP contribution in [0.15, 0.2) is 24.3 Å². The maximum Gasteiger partial charge on any atom is 0.306 e. The fraction of sp³-hybridized carbons (Fsp3) is 0.438. The second-order valence-electron chi connectivity index (χ2n) is 4.64. The molecular weight excluding hydrogens is 300 g/mol. The van der Waals surface area contributed by atoms with E-state index in [9.17, 15) is 14.4 Å². The average Bonchev–Trinajstić information content (AvgIpc) is 2.57. The molecule has 0 radical (unpaired) electrons. The fourth-order valence-electron chi connectivity index (χ4n) is 1.78. The standard InChI is InChI=1S/C16H22N2O5/c1-3-23-15(20)8-7-14(19)17-9-10-18-16(21)12-5-4-6-13(11-12)22-2/h4-6,11H,3,7-10H2,1-2H3,(H,17,19)(H,18,21). The van der Waals surface area contributed by atoms with Crippen LogP contribution in [0, 0.1) is 0 Å². The molecule has 1 aromatic rings. The number of hydrogen-bond donors (Lipinski definition) is 2. The van der Waals surface area contributed by atoms with E-state index in [0.717, 1.165) is 0 Å². The van der Waals surface area contributed by atoms with Gasteiger partial charge in [0.05, 0.1) is 20.1 Å². The Balaban J connectivity index is 2.22. The molecule has 0 saturated carbocycles. The highest BCUT2D eigenvalue weighted by Crippen LogP contribution is 2.12. The molecule has 0 bridgehead atoms. The number of methoxy groups -OCH3 is 1. The number of nitrogens with one attached hydrogen (secondary N) is 2. The van der Waals surface area contributed by atoms with Gasteiger partial charge in [-0.15, -0.1) is 0 Å². The first-order valence-corrected chi connectivity index (χ1v) is 7.41. The molecule has 7 nitrogen and oxygen atoms in total. The summed E-state index contributed by atoms with van der Waals surface area (Å²) in [5.41, 5.74) is 0.484. The largest absolute Gasteiger partial charge is 0.497 e. The van der Waals surface area contributed by atoms with Gasteiger partial charge in [0.2, 0.25) is 5.91 Å². The second-order valence-corrected chi connectivity index (χ2v) is 4.64. The van der Waals surface area contributed by atoms with Crippen LogP contribution in [0.1, 0.15) is 30.1 Å². The van der Waals surface area contributed by atoms with E-state index in [-0.39, 0.29) is 31.2 Å². The molecule has 0 spiro atoms. The second kappa shape index (κ2) is 10.2. The molecule has 2 amide bonds. The zero-order valence-electron chi connectivity index (χ0n) is 13.4. The lowest BCUT2D eigenvalue weighted by Crippen LogP contribution is -2.34. The van der Waals surface area contributed by atoms with Crippen molar-refractivity contribution < 1.29 is 23.9 Å². The summed E-state index contributed by atoms with van der Waals surface area (Å²) >= 11 is 0. The van der Waals surface area contributed by atoms with E-state index in [2.05, 4.69) is 10.6 Å². The molecule has 0 atom stereocenters. The summed E-state index contributed by atoms with van der Waals surface area (Å²) in [6.45, 7) is 2.60. The van der Waals surface area contributed by atoms with Crippen molar-refractivity contribution in [3.8, 4) is 5.75 Å². The van der Waals surface area contributed by atoms with E-state index in [1.807, 2.05) is 0 Å². The SMILES string of the molecule is CCOC(=O)CCC(=O)NCCNC(=O)c1cccc(OC)c1. The highest BCUT2D eigenvalue weighted by Gasteiger charge is 2.08. The smallest absolute Gasteiger partial charge is 0.306 e. The van der Waals surface area contributed by atoms with Gasteiger partial charge in [-0.3, -0.25) is 14.4 Å². The molecule has 0 aliphatic carbocycles. The summed E-state index contributed by atoms with van der Waals surface area (Å²) in [6.07, 6.45) is 0.124. The van der Waals surface area contributed by atoms with Gasteiger partial charge in [-0.1, -0.05) is 6.07 Å². The number of benzene rings is 1. The highest BCUT2D eigenvalue weighted by atomic mass is 16.5. The van der Waals surface area contributed by atoms with E-state index in [1.54, 1.807) is 31.2 Å². The van der Waals surface area contributed by atoms with Gasteiger partial charge in [0.15, 0.2) is 0 Å². The molecule has 1 rings (SSSR count). The van der Waals surface area contributed by atoms with Crippen LogP contribution in [0.5, 0.6) is 5.75 Å². The topological polar surface area (TPSA) is 93.7 Å². The molecule has 1 aromatic carbocycles. The number of carbonyl (C=O) groups excluding carboxylic acids is 3. The van der Waals surface area contributed by atoms with Gasteiger partial charge >= 0.3 is 5.97 Å². The van der Waals surface area contributed by atoms with E-state index >= 15 is 0 Å². The van der Waals surface area contributed by atoms with Gasteiger partial charge in [0.1, 0.15) is 5.75 Å². The number of amides is 2. The van der Waals surface area contributed by atoms with Gasteiger partial charge in [-0.05, 0) is 25.1 Å². The average molecular weight is 322 g/mol. The van der Waals surface area contributed by atoms with E-state index in [4.69, 9.17) is 9.47 Å². The zero-order chi connectivity index (χ0) is 17.1. The number of carbonyl (C=O) groups is 3. The maximum absolute atomic E-state index is 11.9. The molecule has 0 heterocycles. The quantitative estimate of drug-likeness (QED) is 0.520. The van der Waals surface area contributed by atoms with Gasteiger partial charge in [0, 0.05) is 25.1 Å². The minimum atomic E-state index is -0.394. The van der Waals surface area contributed by atoms with Crippen LogP contribution in [0.4, 0.5) is 0 Å². The van der Waals surface area contributed by atoms with Crippen molar-refractivity contribution in [2.24, 2.45) is 0 Å². The Hall–Kier alpha value is -2.57. The maximum atomic E-state index is 11.9. The van der Waals surface area contributed by atoms with Gasteiger partial charge in [-0.25, -0.2) is 0 Å². The van der Waals surface area contributed by atoms with Crippen LogP contribution in [0.25, 0.3) is 0 Å². The molecule has 0 fully saturated rings. The number of hydrogen-bond acceptors (Lipinski definition) is 5. The van der Waals surface area contributed by atoms with Crippen molar-refractivity contribution in [1.29, 1.82) is 0 Å². The Morgan fingerprint density at radius 1 is 1.09 bits per heavy atom. The van der Waals surface area contributed by atoms with Gasteiger partial charge in [-0.2, -0.15) is 0 Å². The lowest BCUT2D eigenvalue weighted by Gasteiger charge is -2.08. The van der Waals surface area contributed by atoms with Crippen molar-refractivity contribution in [2.45, 2.75) is 19.8 Å². The van der Waals surface area contributed by atoms with Crippen LogP contribution in [-0.2, 0) is 14.3 Å². The number of rotatable bonds is 9. The van der Waals surface area contributed by atoms with Crippen LogP contribution in [0.3, 0.4) is 0 Å². The predicted octanol–water partition coefficient (Wildman–Crippen LogP) is 0.885. The molecule has 0 unspecified atom stereocenters. The van der Waals surface area contributed by atoms with Crippen LogP contribution < -0.4 is 15.4 Å². The molecule has 23 heavy (non-hydrogen) atoms. The summed E-state index contributed by atoms with van der Waals surface area (Å²) in [6, 6.07) is 6.79. The van der Waals surface area contributed by atoms with Crippen molar-refractivity contribution in [3.05, 3.63) is 29.8 Å². The first kappa shape index (κ1) is 18.5. The molecule has 0 aliphatic heterocycles. The first-order valence-electron chi connectivity index (χ1n) is 7.41. The van der Waals surface area contributed by atoms with Gasteiger partial charge < -0.3 is 20.1 Å². The Morgan fingerprint density at radius 2 is 1.83 bits per heavy atom. The zero-order valence-corrected chi connectivity index (χ0v) is 13.4. The van der Waals surface area contributed by atoms with Crippen molar-refractivity contribution in [3.63, 3.8) is 0 Å². The van der Waals surface area contributed by atoms with Crippen molar-refractivity contribution in [2.75, 3.05) is 26.8 Å². The Labute approximate surface area is 135 Å². The molecule has 0 aromatic heterocycles. The van der Waals surface area contributed by atoms with Crippen LogP contribution in [-0.4, -0.2) is 44.6 Å². The molecule has 126 valence electrons. The molecule has 0 aliphatic rings. The number of ether oxygens (including phenoxy) is 2. The summed E-state index contributed by atoms with van der Waals surface area (Å²) in [4.78, 5) is 34.5. The normalized spacial score (nSPS) is 9.83. The van der Waals surface area contributed by atoms with Crippen molar-refractivity contribution in [1.82, 2.24) is 10.6 Å². The minimum absolute atomic E-state index is 0.0514. The summed E-state index contributed by atoms with van der Waals surface area (Å²) < 4.78 is 9.78. The van der Waals surface area contributed by atoms with E-state index in [0.29, 0.717) is 24.5 Å². The number of esters is 1. The van der Waals surface area contributed by atoms with Crippen molar-refractivity contribution >= 4 is 17.8 Å². The van der Waals surface area contributed by atoms with Crippen LogP contribution in [0.2, 0.25) is 0 Å². The third-order valence-electron chi connectivity index (χ3n) is 2.93. The third kappa shape index (κ3) is 7.30. The molecular formula is C16H22N2O5. The minimum Gasteiger partial charge on any atom is -0.497 e. The summed E-state index contributed by atoms with van der Waals surface area (Å²) in [7, 11) is 1.53. The predicted molar refractivity (Wildman–Crippen MR) is 84.2 cm³/mol. The fourth-order valence-corrected chi connectivity index (χ4v) is 1.78. The first-order chi connectivity index (χ1) is 11.1. The monoisotopic (exact) mass is 322 g/mol. The summed E-state index contributed by atoms with van der Waals surface area (Å²) in [5.74, 6) is -0.294. The Morgan fingerprint density at radius 3 is 2.52 bits per heavy atom. The third-order valence-corrected chi connectivity index (χ3v) is 2.93.